The van der Waals surface area contributed by atoms with Crippen LogP contribution in [0.25, 0.3) is 0 Å². The molecule has 126 valence electrons. The number of aryl methyl sites for hydroxylation is 1. The van der Waals surface area contributed by atoms with Gasteiger partial charge in [0.1, 0.15) is 5.75 Å². The molecule has 0 amide bonds. The van der Waals surface area contributed by atoms with Crippen LogP contribution in [0.3, 0.4) is 0 Å². The van der Waals surface area contributed by atoms with E-state index in [2.05, 4.69) is 0 Å². The average Bonchev–Trinajstić information content (AvgIpc) is 3.32. The zero-order chi connectivity index (χ0) is 17.5. The van der Waals surface area contributed by atoms with Gasteiger partial charge in [-0.05, 0) is 36.8 Å². The second-order valence-electron chi connectivity index (χ2n) is 5.99. The van der Waals surface area contributed by atoms with E-state index in [1.165, 1.54) is 19.2 Å². The maximum Gasteiger partial charge on any atom is 0.308 e. The molecule has 1 fully saturated rings. The number of ether oxygens (including phenoxy) is 1. The second kappa shape index (κ2) is 5.94. The van der Waals surface area contributed by atoms with Crippen LogP contribution in [0.5, 0.6) is 5.75 Å². The Kier molecular flexibility index (Phi) is 4.09. The normalized spacial score (nSPS) is 22.8. The third kappa shape index (κ3) is 2.78. The summed E-state index contributed by atoms with van der Waals surface area (Å²) in [4.78, 5) is 11.7. The molecule has 1 aliphatic rings. The topological polar surface area (TPSA) is 80.7 Å². The molecule has 3 atom stereocenters. The number of methoxy groups -OCH3 is 1. The Morgan fingerprint density at radius 3 is 2.12 bits per heavy atom. The van der Waals surface area contributed by atoms with E-state index < -0.39 is 32.9 Å². The molecule has 0 spiro atoms. The molecular formula is C18H18O5S. The van der Waals surface area contributed by atoms with Crippen molar-refractivity contribution in [3.8, 4) is 5.75 Å². The largest absolute Gasteiger partial charge is 0.497 e. The van der Waals surface area contributed by atoms with Crippen molar-refractivity contribution in [3.05, 3.63) is 59.7 Å². The van der Waals surface area contributed by atoms with Crippen molar-refractivity contribution in [2.45, 2.75) is 23.0 Å². The Labute approximate surface area is 140 Å². The smallest absolute Gasteiger partial charge is 0.308 e. The van der Waals surface area contributed by atoms with Crippen LogP contribution < -0.4 is 4.74 Å². The number of rotatable bonds is 5. The van der Waals surface area contributed by atoms with Gasteiger partial charge in [0.05, 0.1) is 23.2 Å². The molecule has 1 saturated carbocycles. The molecular weight excluding hydrogens is 328 g/mol. The van der Waals surface area contributed by atoms with Gasteiger partial charge >= 0.3 is 5.97 Å². The molecule has 0 aliphatic heterocycles. The van der Waals surface area contributed by atoms with Crippen LogP contribution in [0.15, 0.2) is 53.4 Å². The standard InChI is InChI=1S/C18H18O5S/c1-11-3-9-14(10-4-11)24(21,22)17-15(16(17)18(19)20)12-5-7-13(23-2)8-6-12/h3-10,15-17H,1-2H3,(H,19,20)/t15-,16+,17+/m0/s1. The summed E-state index contributed by atoms with van der Waals surface area (Å²) in [5.74, 6) is -1.91. The highest BCUT2D eigenvalue weighted by molar-refractivity contribution is 7.92. The van der Waals surface area contributed by atoms with Crippen molar-refractivity contribution in [2.24, 2.45) is 5.92 Å². The summed E-state index contributed by atoms with van der Waals surface area (Å²) in [5.41, 5.74) is 1.65. The Bertz CT molecular complexity index is 853. The third-order valence-electron chi connectivity index (χ3n) is 4.45. The average molecular weight is 346 g/mol. The van der Waals surface area contributed by atoms with Crippen molar-refractivity contribution in [3.63, 3.8) is 0 Å². The summed E-state index contributed by atoms with van der Waals surface area (Å²) in [6.07, 6.45) is 0. The second-order valence-corrected chi connectivity index (χ2v) is 8.09. The van der Waals surface area contributed by atoms with E-state index >= 15 is 0 Å². The molecule has 2 aromatic carbocycles. The molecule has 6 heteroatoms. The molecule has 24 heavy (non-hydrogen) atoms. The summed E-state index contributed by atoms with van der Waals surface area (Å²) in [6, 6.07) is 13.4. The van der Waals surface area contributed by atoms with Crippen molar-refractivity contribution in [2.75, 3.05) is 7.11 Å². The van der Waals surface area contributed by atoms with E-state index in [1.807, 2.05) is 6.92 Å². The molecule has 0 unspecified atom stereocenters. The Morgan fingerprint density at radius 2 is 1.62 bits per heavy atom. The molecule has 0 heterocycles. The highest BCUT2D eigenvalue weighted by Gasteiger charge is 2.63. The summed E-state index contributed by atoms with van der Waals surface area (Å²) in [5, 5.41) is 8.48. The van der Waals surface area contributed by atoms with Crippen molar-refractivity contribution in [1.82, 2.24) is 0 Å². The van der Waals surface area contributed by atoms with Gasteiger partial charge in [0.15, 0.2) is 9.84 Å². The minimum absolute atomic E-state index is 0.167. The van der Waals surface area contributed by atoms with E-state index in [-0.39, 0.29) is 4.90 Å². The summed E-state index contributed by atoms with van der Waals surface area (Å²) in [6.45, 7) is 1.87. The number of sulfone groups is 1. The monoisotopic (exact) mass is 346 g/mol. The quantitative estimate of drug-likeness (QED) is 0.900. The van der Waals surface area contributed by atoms with Crippen LogP contribution in [-0.4, -0.2) is 31.9 Å². The maximum atomic E-state index is 12.8. The summed E-state index contributed by atoms with van der Waals surface area (Å²) < 4.78 is 30.8. The van der Waals surface area contributed by atoms with Gasteiger partial charge in [-0.2, -0.15) is 0 Å². The van der Waals surface area contributed by atoms with Gasteiger partial charge in [-0.1, -0.05) is 29.8 Å². The lowest BCUT2D eigenvalue weighted by Gasteiger charge is -2.05. The van der Waals surface area contributed by atoms with Gasteiger partial charge in [0, 0.05) is 5.92 Å². The maximum absolute atomic E-state index is 12.8. The van der Waals surface area contributed by atoms with Crippen LogP contribution in [0.2, 0.25) is 0 Å². The first-order valence-electron chi connectivity index (χ1n) is 7.53. The highest BCUT2D eigenvalue weighted by atomic mass is 32.2. The van der Waals surface area contributed by atoms with E-state index in [9.17, 15) is 18.3 Å². The Hall–Kier alpha value is -2.34. The van der Waals surface area contributed by atoms with Gasteiger partial charge in [-0.3, -0.25) is 4.79 Å². The van der Waals surface area contributed by atoms with E-state index in [1.54, 1.807) is 36.4 Å². The van der Waals surface area contributed by atoms with E-state index in [4.69, 9.17) is 4.74 Å². The summed E-state index contributed by atoms with van der Waals surface area (Å²) >= 11 is 0. The molecule has 1 N–H and O–H groups in total. The van der Waals surface area contributed by atoms with Crippen molar-refractivity contribution >= 4 is 15.8 Å². The SMILES string of the molecule is COc1ccc([C@H]2[C@@H](C(=O)O)[C@@H]2S(=O)(=O)c2ccc(C)cc2)cc1. The van der Waals surface area contributed by atoms with Crippen LogP contribution in [0, 0.1) is 12.8 Å². The molecule has 3 rings (SSSR count). The van der Waals surface area contributed by atoms with Gasteiger partial charge in [0.2, 0.25) is 0 Å². The Balaban J connectivity index is 1.96. The van der Waals surface area contributed by atoms with Crippen LogP contribution in [0.1, 0.15) is 17.0 Å². The minimum Gasteiger partial charge on any atom is -0.497 e. The molecule has 1 aliphatic carbocycles. The number of carbonyl (C=O) groups is 1. The van der Waals surface area contributed by atoms with Gasteiger partial charge in [-0.15, -0.1) is 0 Å². The fourth-order valence-electron chi connectivity index (χ4n) is 3.07. The first kappa shape index (κ1) is 16.5. The van der Waals surface area contributed by atoms with Gasteiger partial charge in [-0.25, -0.2) is 8.42 Å². The molecule has 0 aromatic heterocycles. The fourth-order valence-corrected chi connectivity index (χ4v) is 5.19. The van der Waals surface area contributed by atoms with Crippen LogP contribution in [-0.2, 0) is 14.6 Å². The lowest BCUT2D eigenvalue weighted by atomic mass is 10.1. The van der Waals surface area contributed by atoms with E-state index in [0.29, 0.717) is 11.3 Å². The third-order valence-corrected chi connectivity index (χ3v) is 6.68. The van der Waals surface area contributed by atoms with Crippen LogP contribution in [0.4, 0.5) is 0 Å². The lowest BCUT2D eigenvalue weighted by Crippen LogP contribution is -2.13. The van der Waals surface area contributed by atoms with Gasteiger partial charge in [0.25, 0.3) is 0 Å². The zero-order valence-electron chi connectivity index (χ0n) is 13.3. The Morgan fingerprint density at radius 1 is 1.04 bits per heavy atom. The number of benzene rings is 2. The molecule has 0 saturated heterocycles. The molecule has 2 aromatic rings. The highest BCUT2D eigenvalue weighted by Crippen LogP contribution is 2.54. The summed E-state index contributed by atoms with van der Waals surface area (Å²) in [7, 11) is -2.16. The zero-order valence-corrected chi connectivity index (χ0v) is 14.2. The number of aliphatic carboxylic acids is 1. The molecule has 5 nitrogen and oxygen atoms in total. The lowest BCUT2D eigenvalue weighted by molar-refractivity contribution is -0.138. The van der Waals surface area contributed by atoms with Crippen molar-refractivity contribution < 1.29 is 23.1 Å². The number of hydrogen-bond donors (Lipinski definition) is 1. The first-order valence-corrected chi connectivity index (χ1v) is 9.08. The molecule has 0 radical (unpaired) electrons. The van der Waals surface area contributed by atoms with Crippen molar-refractivity contribution in [1.29, 1.82) is 0 Å². The predicted octanol–water partition coefficient (Wildman–Crippen LogP) is 2.64. The van der Waals surface area contributed by atoms with Gasteiger partial charge < -0.3 is 9.84 Å². The first-order chi connectivity index (χ1) is 11.4. The van der Waals surface area contributed by atoms with Crippen LogP contribution >= 0.6 is 0 Å². The number of carboxylic acids is 1. The minimum atomic E-state index is -3.70. The number of carboxylic acid groups (broad SMARTS) is 1. The number of hydrogen-bond acceptors (Lipinski definition) is 4. The van der Waals surface area contributed by atoms with E-state index in [0.717, 1.165) is 5.56 Å². The fraction of sp³-hybridized carbons (Fsp3) is 0.278. The predicted molar refractivity (Wildman–Crippen MR) is 89.0 cm³/mol. The molecule has 0 bridgehead atoms.